The fraction of sp³-hybridized carbons (Fsp3) is 0.760. The quantitative estimate of drug-likeness (QED) is 0.554. The second-order valence-electron chi connectivity index (χ2n) is 9.18. The van der Waals surface area contributed by atoms with Gasteiger partial charge in [-0.15, -0.1) is 0 Å². The van der Waals surface area contributed by atoms with Crippen LogP contribution in [0.15, 0.2) is 12.3 Å². The lowest BCUT2D eigenvalue weighted by Gasteiger charge is -2.32. The summed E-state index contributed by atoms with van der Waals surface area (Å²) >= 11 is 0. The third-order valence-corrected chi connectivity index (χ3v) is 6.32. The number of carbonyl (C=O) groups excluding carboxylic acids is 1. The van der Waals surface area contributed by atoms with Gasteiger partial charge in [-0.2, -0.15) is 13.2 Å². The fourth-order valence-electron chi connectivity index (χ4n) is 4.37. The van der Waals surface area contributed by atoms with Crippen molar-refractivity contribution >= 4 is 5.91 Å². The molecule has 0 radical (unpaired) electrons. The van der Waals surface area contributed by atoms with Gasteiger partial charge in [-0.05, 0) is 49.8 Å². The van der Waals surface area contributed by atoms with E-state index in [-0.39, 0.29) is 18.4 Å². The second kappa shape index (κ2) is 13.3. The van der Waals surface area contributed by atoms with Gasteiger partial charge in [0.25, 0.3) is 0 Å². The number of halogens is 3. The minimum atomic E-state index is -4.42. The Hall–Kier alpha value is -1.67. The Labute approximate surface area is 196 Å². The Morgan fingerprint density at radius 2 is 2.06 bits per heavy atom. The average Bonchev–Trinajstić information content (AvgIpc) is 2.80. The van der Waals surface area contributed by atoms with Gasteiger partial charge in [0.15, 0.2) is 0 Å². The SMILES string of the molecule is CCC.CCC1COCCC1NCCC[C@@H](C)C(=O)N1CCc2ncc(C(F)(F)F)cc2C1. The molecule has 0 aliphatic carbocycles. The van der Waals surface area contributed by atoms with E-state index in [4.69, 9.17) is 4.74 Å². The maximum absolute atomic E-state index is 13.0. The topological polar surface area (TPSA) is 54.5 Å². The van der Waals surface area contributed by atoms with Gasteiger partial charge in [-0.25, -0.2) is 0 Å². The maximum atomic E-state index is 13.0. The predicted molar refractivity (Wildman–Crippen MR) is 124 cm³/mol. The van der Waals surface area contributed by atoms with Crippen molar-refractivity contribution in [3.63, 3.8) is 0 Å². The summed E-state index contributed by atoms with van der Waals surface area (Å²) in [6.07, 6.45) is 1.97. The molecule has 188 valence electrons. The van der Waals surface area contributed by atoms with Crippen molar-refractivity contribution in [3.05, 3.63) is 29.1 Å². The van der Waals surface area contributed by atoms with Crippen molar-refractivity contribution in [1.29, 1.82) is 0 Å². The summed E-state index contributed by atoms with van der Waals surface area (Å²) in [4.78, 5) is 18.5. The van der Waals surface area contributed by atoms with Crippen LogP contribution >= 0.6 is 0 Å². The lowest BCUT2D eigenvalue weighted by atomic mass is 9.93. The number of hydrogen-bond acceptors (Lipinski definition) is 4. The van der Waals surface area contributed by atoms with E-state index in [2.05, 4.69) is 31.1 Å². The van der Waals surface area contributed by atoms with Gasteiger partial charge in [-0.3, -0.25) is 9.78 Å². The van der Waals surface area contributed by atoms with Crippen LogP contribution in [0.2, 0.25) is 0 Å². The van der Waals surface area contributed by atoms with Crippen LogP contribution in [0.5, 0.6) is 0 Å². The van der Waals surface area contributed by atoms with E-state index in [1.807, 2.05) is 6.92 Å². The van der Waals surface area contributed by atoms with E-state index in [0.717, 1.165) is 57.7 Å². The van der Waals surface area contributed by atoms with E-state index in [9.17, 15) is 18.0 Å². The van der Waals surface area contributed by atoms with Crippen molar-refractivity contribution < 1.29 is 22.7 Å². The van der Waals surface area contributed by atoms with Crippen LogP contribution in [0.1, 0.15) is 76.6 Å². The van der Waals surface area contributed by atoms with Gasteiger partial charge in [0.1, 0.15) is 0 Å². The predicted octanol–water partition coefficient (Wildman–Crippen LogP) is 5.22. The molecule has 5 nitrogen and oxygen atoms in total. The lowest BCUT2D eigenvalue weighted by Crippen LogP contribution is -2.43. The molecule has 3 rings (SSSR count). The molecule has 3 atom stereocenters. The number of aromatic nitrogens is 1. The molecule has 3 heterocycles. The molecule has 0 aromatic carbocycles. The Bertz CT molecular complexity index is 742. The van der Waals surface area contributed by atoms with Crippen LogP contribution in [-0.4, -0.2) is 48.1 Å². The van der Waals surface area contributed by atoms with Crippen LogP contribution in [0.3, 0.4) is 0 Å². The van der Waals surface area contributed by atoms with Crippen LogP contribution in [0.4, 0.5) is 13.2 Å². The maximum Gasteiger partial charge on any atom is 0.417 e. The molecule has 1 N–H and O–H groups in total. The average molecular weight is 472 g/mol. The molecule has 1 aromatic rings. The summed E-state index contributed by atoms with van der Waals surface area (Å²) in [5, 5.41) is 3.61. The molecule has 0 spiro atoms. The summed E-state index contributed by atoms with van der Waals surface area (Å²) in [6, 6.07) is 1.61. The number of pyridine rings is 1. The number of amides is 1. The molecule has 2 aliphatic heterocycles. The van der Waals surface area contributed by atoms with Gasteiger partial charge in [0.2, 0.25) is 5.91 Å². The zero-order valence-electron chi connectivity index (χ0n) is 20.5. The van der Waals surface area contributed by atoms with Crippen molar-refractivity contribution in [2.75, 3.05) is 26.3 Å². The highest BCUT2D eigenvalue weighted by molar-refractivity contribution is 5.78. The van der Waals surface area contributed by atoms with Crippen LogP contribution in [-0.2, 0) is 28.7 Å². The molecular formula is C25H40F3N3O2. The largest absolute Gasteiger partial charge is 0.417 e. The smallest absolute Gasteiger partial charge is 0.381 e. The normalized spacial score (nSPS) is 21.6. The number of nitrogens with zero attached hydrogens (tertiary/aromatic N) is 2. The van der Waals surface area contributed by atoms with E-state index in [0.29, 0.717) is 36.2 Å². The summed E-state index contributed by atoms with van der Waals surface area (Å²) < 4.78 is 44.4. The molecule has 1 amide bonds. The minimum Gasteiger partial charge on any atom is -0.381 e. The van der Waals surface area contributed by atoms with E-state index < -0.39 is 11.7 Å². The summed E-state index contributed by atoms with van der Waals surface area (Å²) in [5.41, 5.74) is 0.405. The van der Waals surface area contributed by atoms with Gasteiger partial charge in [-0.1, -0.05) is 34.1 Å². The molecule has 8 heteroatoms. The highest BCUT2D eigenvalue weighted by Crippen LogP contribution is 2.31. The number of nitrogens with one attached hydrogen (secondary N) is 1. The molecule has 2 aliphatic rings. The molecule has 1 aromatic heterocycles. The molecule has 1 fully saturated rings. The number of fused-ring (bicyclic) bond motifs is 1. The van der Waals surface area contributed by atoms with Crippen molar-refractivity contribution in [2.45, 2.75) is 85.0 Å². The van der Waals surface area contributed by atoms with Crippen molar-refractivity contribution in [2.24, 2.45) is 11.8 Å². The Balaban J connectivity index is 0.00000122. The third-order valence-electron chi connectivity index (χ3n) is 6.32. The highest BCUT2D eigenvalue weighted by atomic mass is 19.4. The summed E-state index contributed by atoms with van der Waals surface area (Å²) in [7, 11) is 0. The fourth-order valence-corrected chi connectivity index (χ4v) is 4.37. The Morgan fingerprint density at radius 3 is 2.73 bits per heavy atom. The first-order valence-electron chi connectivity index (χ1n) is 12.4. The zero-order chi connectivity index (χ0) is 24.4. The number of alkyl halides is 3. The van der Waals surface area contributed by atoms with Crippen LogP contribution < -0.4 is 5.32 Å². The first-order chi connectivity index (χ1) is 15.7. The van der Waals surface area contributed by atoms with Crippen molar-refractivity contribution in [3.8, 4) is 0 Å². The van der Waals surface area contributed by atoms with Gasteiger partial charge >= 0.3 is 6.18 Å². The third kappa shape index (κ3) is 8.25. The molecule has 0 saturated carbocycles. The molecule has 2 unspecified atom stereocenters. The summed E-state index contributed by atoms with van der Waals surface area (Å²) in [5.74, 6) is 0.403. The number of carbonyl (C=O) groups is 1. The van der Waals surface area contributed by atoms with Gasteiger partial charge in [0, 0.05) is 50.0 Å². The lowest BCUT2D eigenvalue weighted by molar-refractivity contribution is -0.137. The van der Waals surface area contributed by atoms with Gasteiger partial charge in [0.05, 0.1) is 12.2 Å². The minimum absolute atomic E-state index is 0.00978. The first kappa shape index (κ1) is 27.6. The Morgan fingerprint density at radius 1 is 1.33 bits per heavy atom. The van der Waals surface area contributed by atoms with E-state index in [1.165, 1.54) is 6.42 Å². The monoisotopic (exact) mass is 471 g/mol. The molecule has 0 bridgehead atoms. The first-order valence-corrected chi connectivity index (χ1v) is 12.4. The van der Waals surface area contributed by atoms with E-state index >= 15 is 0 Å². The van der Waals surface area contributed by atoms with Crippen molar-refractivity contribution in [1.82, 2.24) is 15.2 Å². The standard InChI is InChI=1S/C22H32F3N3O2.C3H8/c1-3-16-14-30-10-7-20(16)26-8-4-5-15(2)21(29)28-9-6-19-17(13-28)11-18(12-27-19)22(23,24)25;1-3-2/h11-12,15-16,20,26H,3-10,13-14H2,1-2H3;3H2,1-2H3/t15-,16?,20?;/m1./s1. The number of ether oxygens (including phenoxy) is 1. The Kier molecular flexibility index (Phi) is 11.1. The van der Waals surface area contributed by atoms with Crippen LogP contribution in [0, 0.1) is 11.8 Å². The highest BCUT2D eigenvalue weighted by Gasteiger charge is 2.33. The van der Waals surface area contributed by atoms with Gasteiger partial charge < -0.3 is 15.0 Å². The number of hydrogen-bond donors (Lipinski definition) is 1. The second-order valence-corrected chi connectivity index (χ2v) is 9.18. The molecule has 1 saturated heterocycles. The molecular weight excluding hydrogens is 431 g/mol. The van der Waals surface area contributed by atoms with Crippen LogP contribution in [0.25, 0.3) is 0 Å². The molecule has 33 heavy (non-hydrogen) atoms. The zero-order valence-corrected chi connectivity index (χ0v) is 20.5. The summed E-state index contributed by atoms with van der Waals surface area (Å²) in [6.45, 7) is 11.5. The van der Waals surface area contributed by atoms with E-state index in [1.54, 1.807) is 4.90 Å². The number of rotatable bonds is 7.